The van der Waals surface area contributed by atoms with E-state index in [1.165, 1.54) is 0 Å². The summed E-state index contributed by atoms with van der Waals surface area (Å²) in [5, 5.41) is 10.4. The van der Waals surface area contributed by atoms with Crippen molar-refractivity contribution in [2.75, 3.05) is 6.61 Å². The standard InChI is InChI=1S/C19H30O3/c1-5-6-10-16-11-7-12-17(18(16)20)15(4)19(21)22-13-8-9-14(2)3/h7,11-12,14-15,20H,5-6,8-10,13H2,1-4H3. The molecule has 3 nitrogen and oxygen atoms in total. The van der Waals surface area contributed by atoms with Crippen LogP contribution in [-0.4, -0.2) is 17.7 Å². The zero-order valence-electron chi connectivity index (χ0n) is 14.4. The summed E-state index contributed by atoms with van der Waals surface area (Å²) in [6.45, 7) is 8.69. The van der Waals surface area contributed by atoms with E-state index in [0.717, 1.165) is 37.7 Å². The Morgan fingerprint density at radius 1 is 1.23 bits per heavy atom. The van der Waals surface area contributed by atoms with Crippen molar-refractivity contribution in [2.24, 2.45) is 5.92 Å². The summed E-state index contributed by atoms with van der Waals surface area (Å²) >= 11 is 0. The number of ether oxygens (including phenoxy) is 1. The van der Waals surface area contributed by atoms with Crippen LogP contribution >= 0.6 is 0 Å². The summed E-state index contributed by atoms with van der Waals surface area (Å²) in [5.41, 5.74) is 1.58. The number of para-hydroxylation sites is 1. The van der Waals surface area contributed by atoms with Crippen molar-refractivity contribution in [3.63, 3.8) is 0 Å². The molecule has 22 heavy (non-hydrogen) atoms. The van der Waals surface area contributed by atoms with E-state index in [1.807, 2.05) is 18.2 Å². The second-order valence-electron chi connectivity index (χ2n) is 6.38. The number of phenols is 1. The second-order valence-corrected chi connectivity index (χ2v) is 6.38. The molecule has 0 saturated carbocycles. The third-order valence-electron chi connectivity index (χ3n) is 3.94. The first-order chi connectivity index (χ1) is 10.5. The lowest BCUT2D eigenvalue weighted by Crippen LogP contribution is -2.14. The van der Waals surface area contributed by atoms with Crippen molar-refractivity contribution in [1.82, 2.24) is 0 Å². The van der Waals surface area contributed by atoms with Crippen LogP contribution in [0.3, 0.4) is 0 Å². The highest BCUT2D eigenvalue weighted by Crippen LogP contribution is 2.30. The molecule has 0 aliphatic heterocycles. The number of phenolic OH excluding ortho intramolecular Hbond substituents is 1. The van der Waals surface area contributed by atoms with Gasteiger partial charge in [0.2, 0.25) is 0 Å². The number of hydrogen-bond acceptors (Lipinski definition) is 3. The van der Waals surface area contributed by atoms with Crippen LogP contribution in [0.25, 0.3) is 0 Å². The highest BCUT2D eigenvalue weighted by Gasteiger charge is 2.21. The topological polar surface area (TPSA) is 46.5 Å². The molecule has 1 atom stereocenters. The number of carbonyl (C=O) groups excluding carboxylic acids is 1. The molecule has 1 rings (SSSR count). The largest absolute Gasteiger partial charge is 0.507 e. The Morgan fingerprint density at radius 2 is 1.95 bits per heavy atom. The third-order valence-corrected chi connectivity index (χ3v) is 3.94. The van der Waals surface area contributed by atoms with Crippen molar-refractivity contribution in [2.45, 2.75) is 65.7 Å². The zero-order chi connectivity index (χ0) is 16.5. The lowest BCUT2D eigenvalue weighted by Gasteiger charge is -2.15. The van der Waals surface area contributed by atoms with Crippen LogP contribution in [0, 0.1) is 5.92 Å². The van der Waals surface area contributed by atoms with Gasteiger partial charge in [0, 0.05) is 5.56 Å². The van der Waals surface area contributed by atoms with Crippen LogP contribution in [0.5, 0.6) is 5.75 Å². The fourth-order valence-electron chi connectivity index (χ4n) is 2.45. The van der Waals surface area contributed by atoms with Gasteiger partial charge >= 0.3 is 5.97 Å². The first-order valence-electron chi connectivity index (χ1n) is 8.44. The van der Waals surface area contributed by atoms with Gasteiger partial charge < -0.3 is 9.84 Å². The molecule has 0 bridgehead atoms. The molecule has 0 fully saturated rings. The maximum atomic E-state index is 12.1. The molecule has 3 heteroatoms. The van der Waals surface area contributed by atoms with Gasteiger partial charge in [-0.1, -0.05) is 45.4 Å². The lowest BCUT2D eigenvalue weighted by atomic mass is 9.95. The monoisotopic (exact) mass is 306 g/mol. The van der Waals surface area contributed by atoms with Crippen molar-refractivity contribution >= 4 is 5.97 Å². The fraction of sp³-hybridized carbons (Fsp3) is 0.632. The molecule has 0 saturated heterocycles. The lowest BCUT2D eigenvalue weighted by molar-refractivity contribution is -0.145. The van der Waals surface area contributed by atoms with E-state index in [4.69, 9.17) is 4.74 Å². The molecule has 1 N–H and O–H groups in total. The summed E-state index contributed by atoms with van der Waals surface area (Å²) in [5.74, 6) is 0.185. The molecule has 0 heterocycles. The van der Waals surface area contributed by atoms with Crippen molar-refractivity contribution < 1.29 is 14.6 Å². The fourth-order valence-corrected chi connectivity index (χ4v) is 2.45. The maximum absolute atomic E-state index is 12.1. The first-order valence-corrected chi connectivity index (χ1v) is 8.44. The van der Waals surface area contributed by atoms with Crippen LogP contribution < -0.4 is 0 Å². The van der Waals surface area contributed by atoms with Crippen LogP contribution in [0.4, 0.5) is 0 Å². The summed E-state index contributed by atoms with van der Waals surface area (Å²) < 4.78 is 5.33. The smallest absolute Gasteiger partial charge is 0.313 e. The van der Waals surface area contributed by atoms with Gasteiger partial charge in [0.15, 0.2) is 0 Å². The Balaban J connectivity index is 2.63. The van der Waals surface area contributed by atoms with Gasteiger partial charge in [0.25, 0.3) is 0 Å². The quantitative estimate of drug-likeness (QED) is 0.525. The normalized spacial score (nSPS) is 12.4. The first kappa shape index (κ1) is 18.5. The van der Waals surface area contributed by atoms with Crippen molar-refractivity contribution in [3.8, 4) is 5.75 Å². The van der Waals surface area contributed by atoms with E-state index >= 15 is 0 Å². The summed E-state index contributed by atoms with van der Waals surface area (Å²) in [6.07, 6.45) is 4.90. The van der Waals surface area contributed by atoms with Gasteiger partial charge in [-0.2, -0.15) is 0 Å². The van der Waals surface area contributed by atoms with E-state index in [2.05, 4.69) is 20.8 Å². The number of unbranched alkanes of at least 4 members (excludes halogenated alkanes) is 1. The summed E-state index contributed by atoms with van der Waals surface area (Å²) in [4.78, 5) is 12.1. The van der Waals surface area contributed by atoms with Crippen LogP contribution in [0.1, 0.15) is 70.4 Å². The molecule has 0 aliphatic carbocycles. The molecular weight excluding hydrogens is 276 g/mol. The highest BCUT2D eigenvalue weighted by atomic mass is 16.5. The van der Waals surface area contributed by atoms with Gasteiger partial charge in [0.1, 0.15) is 5.75 Å². The number of carbonyl (C=O) groups is 1. The minimum Gasteiger partial charge on any atom is -0.507 e. The number of rotatable bonds is 9. The van der Waals surface area contributed by atoms with Gasteiger partial charge in [0.05, 0.1) is 12.5 Å². The van der Waals surface area contributed by atoms with E-state index < -0.39 is 5.92 Å². The van der Waals surface area contributed by atoms with E-state index in [1.54, 1.807) is 6.92 Å². The van der Waals surface area contributed by atoms with Crippen LogP contribution in [0.15, 0.2) is 18.2 Å². The second kappa shape index (κ2) is 9.50. The van der Waals surface area contributed by atoms with Crippen molar-refractivity contribution in [3.05, 3.63) is 29.3 Å². The molecule has 1 aromatic carbocycles. The summed E-state index contributed by atoms with van der Waals surface area (Å²) in [7, 11) is 0. The van der Waals surface area contributed by atoms with Gasteiger partial charge in [-0.25, -0.2) is 0 Å². The minimum atomic E-state index is -0.430. The predicted molar refractivity (Wildman–Crippen MR) is 90.2 cm³/mol. The third kappa shape index (κ3) is 5.70. The molecule has 0 amide bonds. The molecule has 124 valence electrons. The molecule has 1 aromatic rings. The predicted octanol–water partition coefficient (Wildman–Crippen LogP) is 4.82. The van der Waals surface area contributed by atoms with Gasteiger partial charge in [-0.05, 0) is 44.1 Å². The van der Waals surface area contributed by atoms with E-state index in [0.29, 0.717) is 18.1 Å². The van der Waals surface area contributed by atoms with E-state index in [-0.39, 0.29) is 11.7 Å². The van der Waals surface area contributed by atoms with Crippen LogP contribution in [-0.2, 0) is 16.0 Å². The Kier molecular flexibility index (Phi) is 8.00. The summed E-state index contributed by atoms with van der Waals surface area (Å²) in [6, 6.07) is 5.64. The zero-order valence-corrected chi connectivity index (χ0v) is 14.4. The molecule has 0 radical (unpaired) electrons. The number of benzene rings is 1. The van der Waals surface area contributed by atoms with E-state index in [9.17, 15) is 9.90 Å². The van der Waals surface area contributed by atoms with Crippen molar-refractivity contribution in [1.29, 1.82) is 0 Å². The van der Waals surface area contributed by atoms with Gasteiger partial charge in [-0.15, -0.1) is 0 Å². The Morgan fingerprint density at radius 3 is 2.59 bits per heavy atom. The highest BCUT2D eigenvalue weighted by molar-refractivity contribution is 5.78. The minimum absolute atomic E-state index is 0.252. The molecule has 0 spiro atoms. The molecule has 0 aliphatic rings. The average molecular weight is 306 g/mol. The Bertz CT molecular complexity index is 466. The Hall–Kier alpha value is -1.51. The number of esters is 1. The number of hydrogen-bond donors (Lipinski definition) is 1. The number of aryl methyl sites for hydroxylation is 1. The Labute approximate surface area is 134 Å². The molecule has 1 unspecified atom stereocenters. The molecule has 0 aromatic heterocycles. The van der Waals surface area contributed by atoms with Gasteiger partial charge in [-0.3, -0.25) is 4.79 Å². The SMILES string of the molecule is CCCCc1cccc(C(C)C(=O)OCCCC(C)C)c1O. The average Bonchev–Trinajstić information content (AvgIpc) is 2.49. The number of aromatic hydroxyl groups is 1. The maximum Gasteiger partial charge on any atom is 0.313 e. The molecular formula is C19H30O3. The van der Waals surface area contributed by atoms with Crippen LogP contribution in [0.2, 0.25) is 0 Å².